The lowest BCUT2D eigenvalue weighted by atomic mass is 10.4. The lowest BCUT2D eigenvalue weighted by Crippen LogP contribution is -1.91. The van der Waals surface area contributed by atoms with E-state index in [1.54, 1.807) is 13.8 Å². The number of carbonyl (C=O) groups excluding carboxylic acids is 1. The van der Waals surface area contributed by atoms with Gasteiger partial charge < -0.3 is 0 Å². The molecule has 0 aromatic rings. The molecule has 1 amide bonds. The van der Waals surface area contributed by atoms with Crippen molar-refractivity contribution >= 4 is 11.6 Å². The minimum absolute atomic E-state index is 0.199. The molecule has 0 aromatic heterocycles. The van der Waals surface area contributed by atoms with E-state index < -0.39 is 0 Å². The van der Waals surface area contributed by atoms with E-state index in [2.05, 4.69) is 16.8 Å². The van der Waals surface area contributed by atoms with Crippen LogP contribution >= 0.6 is 0 Å². The van der Waals surface area contributed by atoms with Gasteiger partial charge in [0.2, 0.25) is 5.91 Å². The van der Waals surface area contributed by atoms with Crippen LogP contribution in [-0.2, 0) is 4.79 Å². The van der Waals surface area contributed by atoms with Crippen LogP contribution in [0.25, 0.3) is 0 Å². The van der Waals surface area contributed by atoms with Gasteiger partial charge in [-0.15, -0.1) is 5.92 Å². The van der Waals surface area contributed by atoms with Crippen LogP contribution in [0.1, 0.15) is 20.8 Å². The largest absolute Gasteiger partial charge is 0.273 e. The Hall–Kier alpha value is -1.10. The Morgan fingerprint density at radius 3 is 2.33 bits per heavy atom. The van der Waals surface area contributed by atoms with E-state index in [0.29, 0.717) is 5.71 Å². The lowest BCUT2D eigenvalue weighted by Gasteiger charge is -1.81. The Morgan fingerprint density at radius 1 is 1.44 bits per heavy atom. The summed E-state index contributed by atoms with van der Waals surface area (Å²) in [6, 6.07) is 0. The van der Waals surface area contributed by atoms with Crippen molar-refractivity contribution in [1.29, 1.82) is 0 Å². The van der Waals surface area contributed by atoms with Crippen molar-refractivity contribution in [1.82, 2.24) is 0 Å². The first kappa shape index (κ1) is 7.90. The summed E-state index contributed by atoms with van der Waals surface area (Å²) >= 11 is 0. The summed E-state index contributed by atoms with van der Waals surface area (Å²) in [5.74, 6) is 5.10. The first-order chi connectivity index (χ1) is 4.16. The number of nitrogens with zero attached hydrogens (tertiary/aromatic N) is 1. The molecule has 0 fully saturated rings. The summed E-state index contributed by atoms with van der Waals surface area (Å²) in [5.41, 5.74) is 0.574. The summed E-state index contributed by atoms with van der Waals surface area (Å²) in [7, 11) is 0. The van der Waals surface area contributed by atoms with Crippen molar-refractivity contribution in [3.05, 3.63) is 0 Å². The molecule has 0 aliphatic heterocycles. The third-order valence-corrected chi connectivity index (χ3v) is 0.631. The number of hydrogen-bond donors (Lipinski definition) is 0. The summed E-state index contributed by atoms with van der Waals surface area (Å²) < 4.78 is 0. The molecule has 0 atom stereocenters. The fourth-order valence-corrected chi connectivity index (χ4v) is 0.445. The van der Waals surface area contributed by atoms with Gasteiger partial charge in [-0.1, -0.05) is 5.92 Å². The fourth-order valence-electron chi connectivity index (χ4n) is 0.445. The van der Waals surface area contributed by atoms with Crippen molar-refractivity contribution in [2.24, 2.45) is 4.99 Å². The second kappa shape index (κ2) is 3.85. The minimum Gasteiger partial charge on any atom is -0.273 e. The van der Waals surface area contributed by atoms with E-state index in [1.165, 1.54) is 6.92 Å². The first-order valence-electron chi connectivity index (χ1n) is 2.65. The normalized spacial score (nSPS) is 9.89. The van der Waals surface area contributed by atoms with Gasteiger partial charge in [-0.3, -0.25) is 4.79 Å². The number of carbonyl (C=O) groups is 1. The zero-order chi connectivity index (χ0) is 7.28. The average Bonchev–Trinajstić information content (AvgIpc) is 1.63. The molecule has 0 aliphatic rings. The van der Waals surface area contributed by atoms with Crippen LogP contribution in [0, 0.1) is 11.8 Å². The second-order valence-corrected chi connectivity index (χ2v) is 1.59. The summed E-state index contributed by atoms with van der Waals surface area (Å²) in [6.07, 6.45) is 0. The highest BCUT2D eigenvalue weighted by Crippen LogP contribution is 1.76. The summed E-state index contributed by atoms with van der Waals surface area (Å²) in [4.78, 5) is 13.8. The molecule has 0 spiro atoms. The van der Waals surface area contributed by atoms with Gasteiger partial charge in [0, 0.05) is 6.92 Å². The van der Waals surface area contributed by atoms with E-state index in [4.69, 9.17) is 0 Å². The molecule has 0 unspecified atom stereocenters. The van der Waals surface area contributed by atoms with Gasteiger partial charge in [0.1, 0.15) is 0 Å². The Bertz CT molecular complexity index is 193. The van der Waals surface area contributed by atoms with Crippen molar-refractivity contribution in [2.45, 2.75) is 20.8 Å². The van der Waals surface area contributed by atoms with Crippen LogP contribution < -0.4 is 0 Å². The number of aliphatic imine (C=N–C) groups is 1. The van der Waals surface area contributed by atoms with Crippen LogP contribution in [0.5, 0.6) is 0 Å². The maximum absolute atomic E-state index is 10.3. The molecule has 2 heteroatoms. The maximum atomic E-state index is 10.3. The predicted octanol–water partition coefficient (Wildman–Crippen LogP) is 1.02. The highest BCUT2D eigenvalue weighted by Gasteiger charge is 1.85. The minimum atomic E-state index is -0.199. The van der Waals surface area contributed by atoms with Gasteiger partial charge in [-0.05, 0) is 13.8 Å². The molecule has 0 radical (unpaired) electrons. The Morgan fingerprint density at radius 2 is 2.00 bits per heavy atom. The molecule has 0 bridgehead atoms. The SMILES string of the molecule is CC#CC(C)=NC(C)=O. The molecule has 48 valence electrons. The first-order valence-corrected chi connectivity index (χ1v) is 2.65. The van der Waals surface area contributed by atoms with E-state index in [-0.39, 0.29) is 5.91 Å². The number of rotatable bonds is 0. The number of hydrogen-bond acceptors (Lipinski definition) is 1. The Labute approximate surface area is 55.0 Å². The van der Waals surface area contributed by atoms with Crippen molar-refractivity contribution in [3.63, 3.8) is 0 Å². The Kier molecular flexibility index (Phi) is 3.38. The smallest absolute Gasteiger partial charge is 0.243 e. The van der Waals surface area contributed by atoms with Gasteiger partial charge >= 0.3 is 0 Å². The molecule has 0 aliphatic carbocycles. The van der Waals surface area contributed by atoms with Gasteiger partial charge in [-0.25, -0.2) is 4.99 Å². The lowest BCUT2D eigenvalue weighted by molar-refractivity contribution is -0.115. The van der Waals surface area contributed by atoms with E-state index in [0.717, 1.165) is 0 Å². The van der Waals surface area contributed by atoms with Crippen molar-refractivity contribution in [2.75, 3.05) is 0 Å². The second-order valence-electron chi connectivity index (χ2n) is 1.59. The van der Waals surface area contributed by atoms with Crippen LogP contribution in [0.4, 0.5) is 0 Å². The molecule has 0 aromatic carbocycles. The van der Waals surface area contributed by atoms with E-state index in [9.17, 15) is 4.79 Å². The zero-order valence-electron chi connectivity index (χ0n) is 5.86. The molecule has 0 saturated heterocycles. The topological polar surface area (TPSA) is 29.4 Å². The maximum Gasteiger partial charge on any atom is 0.243 e. The summed E-state index contributed by atoms with van der Waals surface area (Å²) in [5, 5.41) is 0. The van der Waals surface area contributed by atoms with Crippen molar-refractivity contribution in [3.8, 4) is 11.8 Å². The van der Waals surface area contributed by atoms with Gasteiger partial charge in [-0.2, -0.15) is 0 Å². The predicted molar refractivity (Wildman–Crippen MR) is 37.2 cm³/mol. The third-order valence-electron chi connectivity index (χ3n) is 0.631. The Balaban J connectivity index is 4.11. The molecule has 0 rings (SSSR count). The standard InChI is InChI=1S/C7H9NO/c1-4-5-6(2)8-7(3)9/h1-3H3. The van der Waals surface area contributed by atoms with Gasteiger partial charge in [0.05, 0.1) is 5.71 Å². The average molecular weight is 123 g/mol. The fraction of sp³-hybridized carbons (Fsp3) is 0.429. The number of amides is 1. The van der Waals surface area contributed by atoms with Crippen LogP contribution in [0.15, 0.2) is 4.99 Å². The van der Waals surface area contributed by atoms with E-state index >= 15 is 0 Å². The van der Waals surface area contributed by atoms with Gasteiger partial charge in [0.15, 0.2) is 0 Å². The molecule has 0 N–H and O–H groups in total. The summed E-state index contributed by atoms with van der Waals surface area (Å²) in [6.45, 7) is 4.82. The monoisotopic (exact) mass is 123 g/mol. The highest BCUT2D eigenvalue weighted by molar-refractivity contribution is 6.04. The molecule has 0 saturated carbocycles. The van der Waals surface area contributed by atoms with Crippen LogP contribution in [0.2, 0.25) is 0 Å². The van der Waals surface area contributed by atoms with Crippen molar-refractivity contribution < 1.29 is 4.79 Å². The van der Waals surface area contributed by atoms with E-state index in [1.807, 2.05) is 0 Å². The van der Waals surface area contributed by atoms with Crippen LogP contribution in [0.3, 0.4) is 0 Å². The highest BCUT2D eigenvalue weighted by atomic mass is 16.1. The molecule has 0 heterocycles. The molecule has 2 nitrogen and oxygen atoms in total. The third kappa shape index (κ3) is 4.76. The molecular formula is C7H9NO. The molecule has 9 heavy (non-hydrogen) atoms. The zero-order valence-corrected chi connectivity index (χ0v) is 5.86. The quantitative estimate of drug-likeness (QED) is 0.349. The van der Waals surface area contributed by atoms with Crippen LogP contribution in [-0.4, -0.2) is 11.6 Å². The molecular weight excluding hydrogens is 114 g/mol. The van der Waals surface area contributed by atoms with Gasteiger partial charge in [0.25, 0.3) is 0 Å².